The third-order valence-corrected chi connectivity index (χ3v) is 2.50. The van der Waals surface area contributed by atoms with Gasteiger partial charge in [0.15, 0.2) is 5.75 Å². The van der Waals surface area contributed by atoms with Gasteiger partial charge in [-0.15, -0.1) is 0 Å². The fraction of sp³-hybridized carbons (Fsp3) is 0.182. The Balaban J connectivity index is 2.30. The molecule has 0 saturated heterocycles. The van der Waals surface area contributed by atoms with Crippen LogP contribution in [0.4, 0.5) is 0 Å². The van der Waals surface area contributed by atoms with Crippen molar-refractivity contribution in [2.45, 2.75) is 6.61 Å². The van der Waals surface area contributed by atoms with Crippen LogP contribution in [0.1, 0.15) is 5.56 Å². The van der Waals surface area contributed by atoms with E-state index in [2.05, 4.69) is 5.10 Å². The summed E-state index contributed by atoms with van der Waals surface area (Å²) in [4.78, 5) is 0. The molecule has 0 aliphatic heterocycles. The van der Waals surface area contributed by atoms with Crippen LogP contribution in [-0.2, 0) is 13.7 Å². The van der Waals surface area contributed by atoms with E-state index >= 15 is 0 Å². The van der Waals surface area contributed by atoms with Crippen molar-refractivity contribution in [3.05, 3.63) is 41.2 Å². The number of ether oxygens (including phenoxy) is 1. The fourth-order valence-corrected chi connectivity index (χ4v) is 1.59. The van der Waals surface area contributed by atoms with Gasteiger partial charge < -0.3 is 9.84 Å². The van der Waals surface area contributed by atoms with E-state index in [-0.39, 0.29) is 6.61 Å². The Kier molecular flexibility index (Phi) is 3.12. The molecule has 1 N–H and O–H groups in total. The van der Waals surface area contributed by atoms with Crippen molar-refractivity contribution in [1.82, 2.24) is 9.78 Å². The van der Waals surface area contributed by atoms with E-state index in [0.717, 1.165) is 0 Å². The lowest BCUT2D eigenvalue weighted by atomic mass is 10.2. The molecule has 16 heavy (non-hydrogen) atoms. The van der Waals surface area contributed by atoms with Crippen molar-refractivity contribution < 1.29 is 9.84 Å². The highest BCUT2D eigenvalue weighted by atomic mass is 35.5. The zero-order valence-electron chi connectivity index (χ0n) is 8.72. The predicted octanol–water partition coefficient (Wildman–Crippen LogP) is 2.36. The summed E-state index contributed by atoms with van der Waals surface area (Å²) >= 11 is 5.94. The Bertz CT molecular complexity index is 496. The van der Waals surface area contributed by atoms with Crippen molar-refractivity contribution in [2.24, 2.45) is 7.05 Å². The van der Waals surface area contributed by atoms with Gasteiger partial charge in [0.2, 0.25) is 0 Å². The van der Waals surface area contributed by atoms with Gasteiger partial charge in [0.1, 0.15) is 5.75 Å². The van der Waals surface area contributed by atoms with Crippen molar-refractivity contribution >= 4 is 11.6 Å². The summed E-state index contributed by atoms with van der Waals surface area (Å²) in [5.41, 5.74) is 0.577. The number of hydrogen-bond acceptors (Lipinski definition) is 3. The van der Waals surface area contributed by atoms with Crippen LogP contribution in [0, 0.1) is 0 Å². The number of hydrogen-bond donors (Lipinski definition) is 1. The number of nitrogens with zero attached hydrogens (tertiary/aromatic N) is 2. The van der Waals surface area contributed by atoms with Crippen LogP contribution in [0.15, 0.2) is 30.6 Å². The molecule has 0 aliphatic carbocycles. The van der Waals surface area contributed by atoms with Crippen molar-refractivity contribution in [3.63, 3.8) is 0 Å². The number of benzene rings is 1. The van der Waals surface area contributed by atoms with Crippen molar-refractivity contribution in [3.8, 4) is 11.5 Å². The van der Waals surface area contributed by atoms with E-state index < -0.39 is 0 Å². The van der Waals surface area contributed by atoms with Gasteiger partial charge >= 0.3 is 0 Å². The van der Waals surface area contributed by atoms with Crippen LogP contribution in [0.5, 0.6) is 11.5 Å². The van der Waals surface area contributed by atoms with Crippen molar-refractivity contribution in [1.29, 1.82) is 0 Å². The monoisotopic (exact) mass is 238 g/mol. The molecule has 0 saturated carbocycles. The molecule has 0 fully saturated rings. The topological polar surface area (TPSA) is 47.3 Å². The number of rotatable bonds is 3. The molecule has 0 atom stereocenters. The zero-order valence-corrected chi connectivity index (χ0v) is 9.48. The molecule has 0 amide bonds. The molecule has 0 bridgehead atoms. The molecule has 2 aromatic rings. The number of aryl methyl sites for hydroxylation is 1. The fourth-order valence-electron chi connectivity index (χ4n) is 1.37. The maximum atomic E-state index is 9.20. The predicted molar refractivity (Wildman–Crippen MR) is 60.7 cm³/mol. The molecule has 1 aromatic heterocycles. The second-order valence-corrected chi connectivity index (χ2v) is 3.73. The van der Waals surface area contributed by atoms with E-state index in [1.165, 1.54) is 0 Å². The minimum Gasteiger partial charge on any atom is -0.454 e. The summed E-state index contributed by atoms with van der Waals surface area (Å²) in [5, 5.41) is 13.7. The highest BCUT2D eigenvalue weighted by Gasteiger charge is 2.08. The molecule has 84 valence electrons. The van der Waals surface area contributed by atoms with Gasteiger partial charge in [0.25, 0.3) is 0 Å². The van der Waals surface area contributed by atoms with E-state index in [0.29, 0.717) is 22.1 Å². The molecular formula is C11H11ClN2O2. The van der Waals surface area contributed by atoms with Gasteiger partial charge in [-0.05, 0) is 12.1 Å². The van der Waals surface area contributed by atoms with Crippen LogP contribution in [0.3, 0.4) is 0 Å². The highest BCUT2D eigenvalue weighted by Crippen LogP contribution is 2.29. The molecule has 0 spiro atoms. The average molecular weight is 239 g/mol. The Morgan fingerprint density at radius 2 is 2.31 bits per heavy atom. The minimum absolute atomic E-state index is 0.157. The largest absolute Gasteiger partial charge is 0.454 e. The summed E-state index contributed by atoms with van der Waals surface area (Å²) in [5.74, 6) is 1.16. The lowest BCUT2D eigenvalue weighted by Gasteiger charge is -2.08. The Labute approximate surface area is 98.0 Å². The van der Waals surface area contributed by atoms with E-state index in [1.807, 2.05) is 0 Å². The second kappa shape index (κ2) is 4.55. The highest BCUT2D eigenvalue weighted by molar-refractivity contribution is 6.31. The zero-order chi connectivity index (χ0) is 11.5. The molecule has 4 nitrogen and oxygen atoms in total. The SMILES string of the molecule is Cn1cc(Oc2cccc(Cl)c2CO)cn1. The third-order valence-electron chi connectivity index (χ3n) is 2.14. The summed E-state index contributed by atoms with van der Waals surface area (Å²) in [7, 11) is 1.80. The first-order valence-electron chi connectivity index (χ1n) is 4.75. The minimum atomic E-state index is -0.157. The number of halogens is 1. The van der Waals surface area contributed by atoms with Crippen LogP contribution in [-0.4, -0.2) is 14.9 Å². The summed E-state index contributed by atoms with van der Waals surface area (Å²) in [6.07, 6.45) is 3.34. The second-order valence-electron chi connectivity index (χ2n) is 3.33. The maximum Gasteiger partial charge on any atom is 0.165 e. The first kappa shape index (κ1) is 11.0. The summed E-state index contributed by atoms with van der Waals surface area (Å²) < 4.78 is 7.21. The first-order chi connectivity index (χ1) is 7.70. The van der Waals surface area contributed by atoms with Gasteiger partial charge in [-0.1, -0.05) is 17.7 Å². The van der Waals surface area contributed by atoms with Gasteiger partial charge in [0.05, 0.1) is 19.0 Å². The Hall–Kier alpha value is -1.52. The standard InChI is InChI=1S/C11H11ClN2O2/c1-14-6-8(5-13-14)16-11-4-2-3-10(12)9(11)7-15/h2-6,15H,7H2,1H3. The number of aromatic nitrogens is 2. The molecule has 0 aliphatic rings. The molecule has 1 heterocycles. The van der Waals surface area contributed by atoms with Gasteiger partial charge in [0, 0.05) is 17.6 Å². The van der Waals surface area contributed by atoms with Gasteiger partial charge in [-0.25, -0.2) is 0 Å². The molecule has 0 unspecified atom stereocenters. The average Bonchev–Trinajstić information content (AvgIpc) is 2.64. The normalized spacial score (nSPS) is 10.4. The lowest BCUT2D eigenvalue weighted by molar-refractivity contribution is 0.276. The van der Waals surface area contributed by atoms with Gasteiger partial charge in [-0.2, -0.15) is 5.10 Å². The number of aliphatic hydroxyl groups is 1. The van der Waals surface area contributed by atoms with Crippen molar-refractivity contribution in [2.75, 3.05) is 0 Å². The van der Waals surface area contributed by atoms with Crippen LogP contribution in [0.2, 0.25) is 5.02 Å². The Morgan fingerprint density at radius 3 is 2.94 bits per heavy atom. The van der Waals surface area contributed by atoms with Gasteiger partial charge in [-0.3, -0.25) is 4.68 Å². The molecule has 0 radical (unpaired) electrons. The van der Waals surface area contributed by atoms with Crippen LogP contribution >= 0.6 is 11.6 Å². The summed E-state index contributed by atoms with van der Waals surface area (Å²) in [6.45, 7) is -0.157. The van der Waals surface area contributed by atoms with Crippen LogP contribution in [0.25, 0.3) is 0 Å². The molecule has 2 rings (SSSR count). The molecular weight excluding hydrogens is 228 g/mol. The smallest absolute Gasteiger partial charge is 0.165 e. The lowest BCUT2D eigenvalue weighted by Crippen LogP contribution is -1.92. The first-order valence-corrected chi connectivity index (χ1v) is 5.13. The maximum absolute atomic E-state index is 9.20. The number of aliphatic hydroxyl groups excluding tert-OH is 1. The molecule has 5 heteroatoms. The van der Waals surface area contributed by atoms with E-state index in [1.54, 1.807) is 42.3 Å². The van der Waals surface area contributed by atoms with Crippen LogP contribution < -0.4 is 4.74 Å². The third kappa shape index (κ3) is 2.18. The van der Waals surface area contributed by atoms with E-state index in [9.17, 15) is 5.11 Å². The molecule has 1 aromatic carbocycles. The quantitative estimate of drug-likeness (QED) is 0.893. The summed E-state index contributed by atoms with van der Waals surface area (Å²) in [6, 6.07) is 5.24. The Morgan fingerprint density at radius 1 is 1.50 bits per heavy atom. The van der Waals surface area contributed by atoms with E-state index in [4.69, 9.17) is 16.3 Å².